The maximum atomic E-state index is 12.6. The van der Waals surface area contributed by atoms with Gasteiger partial charge in [-0.1, -0.05) is 29.3 Å². The normalized spacial score (nSPS) is 11.0. The summed E-state index contributed by atoms with van der Waals surface area (Å²) in [7, 11) is -3.29. The lowest BCUT2D eigenvalue weighted by atomic mass is 10.3. The number of ether oxygens (including phenoxy) is 1. The van der Waals surface area contributed by atoms with E-state index in [0.717, 1.165) is 7.11 Å². The zero-order valence-electron chi connectivity index (χ0n) is 12.9. The van der Waals surface area contributed by atoms with Gasteiger partial charge in [0.15, 0.2) is 10.8 Å². The number of aromatic nitrogens is 2. The maximum absolute atomic E-state index is 12.6. The van der Waals surface area contributed by atoms with E-state index in [1.165, 1.54) is 25.1 Å². The minimum atomic E-state index is -4.35. The van der Waals surface area contributed by atoms with Gasteiger partial charge < -0.3 is 10.1 Å². The zero-order chi connectivity index (χ0) is 18.8. The molecule has 9 nitrogen and oxygen atoms in total. The van der Waals surface area contributed by atoms with Gasteiger partial charge >= 0.3 is 5.97 Å². The highest BCUT2D eigenvalue weighted by Gasteiger charge is 2.31. The molecule has 3 N–H and O–H groups in total. The molecule has 12 heteroatoms. The van der Waals surface area contributed by atoms with Crippen molar-refractivity contribution in [1.82, 2.24) is 10.2 Å². The molecule has 0 bridgehead atoms. The Morgan fingerprint density at radius 1 is 1.24 bits per heavy atom. The summed E-state index contributed by atoms with van der Waals surface area (Å²) in [5.74, 6) is -1.85. The van der Waals surface area contributed by atoms with Gasteiger partial charge in [0.2, 0.25) is 5.91 Å². The molecule has 0 saturated heterocycles. The number of sulfonamides is 1. The summed E-state index contributed by atoms with van der Waals surface area (Å²) >= 11 is 11.9. The first kappa shape index (κ1) is 19.0. The summed E-state index contributed by atoms with van der Waals surface area (Å²) in [5.41, 5.74) is -0.536. The van der Waals surface area contributed by atoms with E-state index in [1.54, 1.807) is 0 Å². The van der Waals surface area contributed by atoms with Crippen molar-refractivity contribution in [3.63, 3.8) is 0 Å². The first-order chi connectivity index (χ1) is 11.7. The zero-order valence-corrected chi connectivity index (χ0v) is 15.2. The average Bonchev–Trinajstić information content (AvgIpc) is 2.94. The van der Waals surface area contributed by atoms with Gasteiger partial charge in [0.25, 0.3) is 10.0 Å². The maximum Gasteiger partial charge on any atom is 0.344 e. The molecule has 25 heavy (non-hydrogen) atoms. The summed E-state index contributed by atoms with van der Waals surface area (Å²) < 4.78 is 32.0. The molecule has 2 rings (SSSR count). The van der Waals surface area contributed by atoms with Gasteiger partial charge in [-0.05, 0) is 12.1 Å². The van der Waals surface area contributed by atoms with E-state index in [4.69, 9.17) is 23.2 Å². The largest absolute Gasteiger partial charge is 0.465 e. The minimum absolute atomic E-state index is 0.0530. The van der Waals surface area contributed by atoms with Crippen LogP contribution in [-0.2, 0) is 19.6 Å². The fourth-order valence-electron chi connectivity index (χ4n) is 1.85. The van der Waals surface area contributed by atoms with Crippen molar-refractivity contribution in [3.05, 3.63) is 33.8 Å². The van der Waals surface area contributed by atoms with E-state index in [2.05, 4.69) is 25.0 Å². The van der Waals surface area contributed by atoms with Crippen LogP contribution in [0.2, 0.25) is 10.0 Å². The predicted octanol–water partition coefficient (Wildman–Crippen LogP) is 2.26. The quantitative estimate of drug-likeness (QED) is 0.652. The summed E-state index contributed by atoms with van der Waals surface area (Å²) in [6.45, 7) is 1.17. The van der Waals surface area contributed by atoms with E-state index in [0.29, 0.717) is 0 Å². The average molecular weight is 407 g/mol. The molecule has 0 radical (unpaired) electrons. The Labute approximate surface area is 152 Å². The standard InChI is InChI=1S/C13H12Cl2N4O5S/c1-6(20)16-11-9(13(21)24-2)12(18-17-11)25(22,23)19-10-7(14)4-3-5-8(10)15/h3-5,19H,1-2H3,(H2,16,17,18,20). The molecule has 0 aliphatic carbocycles. The van der Waals surface area contributed by atoms with Crippen LogP contribution < -0.4 is 10.0 Å². The van der Waals surface area contributed by atoms with Gasteiger partial charge in [0.05, 0.1) is 22.8 Å². The highest BCUT2D eigenvalue weighted by Crippen LogP contribution is 2.32. The topological polar surface area (TPSA) is 130 Å². The number of nitrogens with zero attached hydrogens (tertiary/aromatic N) is 1. The number of hydrogen-bond acceptors (Lipinski definition) is 6. The molecule has 0 unspecified atom stereocenters. The Morgan fingerprint density at radius 2 is 1.84 bits per heavy atom. The second-order valence-corrected chi connectivity index (χ2v) is 7.08. The molecular weight excluding hydrogens is 395 g/mol. The summed E-state index contributed by atoms with van der Waals surface area (Å²) in [5, 5.41) is 7.56. The molecule has 1 heterocycles. The predicted molar refractivity (Wildman–Crippen MR) is 91.5 cm³/mol. The Hall–Kier alpha value is -2.30. The van der Waals surface area contributed by atoms with Gasteiger partial charge in [-0.15, -0.1) is 0 Å². The van der Waals surface area contributed by atoms with Crippen LogP contribution >= 0.6 is 23.2 Å². The Morgan fingerprint density at radius 3 is 2.36 bits per heavy atom. The van der Waals surface area contributed by atoms with E-state index < -0.39 is 32.5 Å². The second kappa shape index (κ2) is 7.30. The summed E-state index contributed by atoms with van der Waals surface area (Å²) in [4.78, 5) is 23.2. The van der Waals surface area contributed by atoms with Crippen molar-refractivity contribution in [1.29, 1.82) is 0 Å². The third kappa shape index (κ3) is 4.03. The number of para-hydroxylation sites is 1. The number of anilines is 2. The number of carbonyl (C=O) groups excluding carboxylic acids is 2. The number of amides is 1. The molecule has 0 saturated carbocycles. The van der Waals surface area contributed by atoms with E-state index in [1.807, 2.05) is 0 Å². The third-order valence-electron chi connectivity index (χ3n) is 2.88. The van der Waals surface area contributed by atoms with E-state index in [-0.39, 0.29) is 21.6 Å². The number of carbonyl (C=O) groups is 2. The first-order valence-electron chi connectivity index (χ1n) is 6.58. The highest BCUT2D eigenvalue weighted by molar-refractivity contribution is 7.92. The monoisotopic (exact) mass is 406 g/mol. The lowest BCUT2D eigenvalue weighted by Crippen LogP contribution is -2.19. The van der Waals surface area contributed by atoms with Crippen LogP contribution in [-0.4, -0.2) is 37.6 Å². The van der Waals surface area contributed by atoms with Gasteiger partial charge in [-0.2, -0.15) is 13.5 Å². The van der Waals surface area contributed by atoms with Gasteiger partial charge in [-0.25, -0.2) is 4.79 Å². The van der Waals surface area contributed by atoms with Gasteiger partial charge in [-0.3, -0.25) is 14.6 Å². The Balaban J connectivity index is 2.54. The number of nitrogens with one attached hydrogen (secondary N) is 3. The number of hydrogen-bond donors (Lipinski definition) is 3. The Kier molecular flexibility index (Phi) is 5.55. The van der Waals surface area contributed by atoms with Crippen LogP contribution in [0.1, 0.15) is 17.3 Å². The summed E-state index contributed by atoms with van der Waals surface area (Å²) in [6.07, 6.45) is 0. The molecule has 2 aromatic rings. The number of H-pyrrole nitrogens is 1. The molecule has 0 atom stereocenters. The molecule has 1 aromatic carbocycles. The van der Waals surface area contributed by atoms with Crippen molar-refractivity contribution in [2.75, 3.05) is 17.1 Å². The van der Waals surface area contributed by atoms with Gasteiger partial charge in [0, 0.05) is 6.92 Å². The number of esters is 1. The molecule has 1 aromatic heterocycles. The van der Waals surface area contributed by atoms with Crippen LogP contribution in [0.5, 0.6) is 0 Å². The van der Waals surface area contributed by atoms with E-state index in [9.17, 15) is 18.0 Å². The van der Waals surface area contributed by atoms with Crippen molar-refractivity contribution >= 4 is 56.6 Å². The SMILES string of the molecule is COC(=O)c1c(NC(C)=O)n[nH]c1S(=O)(=O)Nc1c(Cl)cccc1Cl. The Bertz CT molecular complexity index is 922. The van der Waals surface area contributed by atoms with Crippen molar-refractivity contribution < 1.29 is 22.7 Å². The van der Waals surface area contributed by atoms with Crippen molar-refractivity contribution in [2.24, 2.45) is 0 Å². The van der Waals surface area contributed by atoms with Crippen LogP contribution in [0.15, 0.2) is 23.2 Å². The molecule has 0 aliphatic heterocycles. The number of methoxy groups -OCH3 is 1. The fourth-order valence-corrected chi connectivity index (χ4v) is 3.66. The fraction of sp³-hybridized carbons (Fsp3) is 0.154. The van der Waals surface area contributed by atoms with Crippen molar-refractivity contribution in [3.8, 4) is 0 Å². The lowest BCUT2D eigenvalue weighted by molar-refractivity contribution is -0.114. The molecule has 0 fully saturated rings. The minimum Gasteiger partial charge on any atom is -0.465 e. The van der Waals surface area contributed by atoms with Crippen LogP contribution in [0.4, 0.5) is 11.5 Å². The summed E-state index contributed by atoms with van der Waals surface area (Å²) in [6, 6.07) is 4.40. The van der Waals surface area contributed by atoms with Crippen LogP contribution in [0.25, 0.3) is 0 Å². The molecule has 0 spiro atoms. The number of halogens is 2. The number of rotatable bonds is 5. The molecule has 134 valence electrons. The van der Waals surface area contributed by atoms with Crippen LogP contribution in [0.3, 0.4) is 0 Å². The second-order valence-electron chi connectivity index (χ2n) is 4.65. The third-order valence-corrected chi connectivity index (χ3v) is 4.82. The van der Waals surface area contributed by atoms with E-state index >= 15 is 0 Å². The number of benzene rings is 1. The first-order valence-corrected chi connectivity index (χ1v) is 8.82. The lowest BCUT2D eigenvalue weighted by Gasteiger charge is -2.11. The number of aromatic amines is 1. The van der Waals surface area contributed by atoms with Crippen molar-refractivity contribution in [2.45, 2.75) is 11.9 Å². The van der Waals surface area contributed by atoms with Gasteiger partial charge in [0.1, 0.15) is 5.56 Å². The molecule has 0 aliphatic rings. The smallest absolute Gasteiger partial charge is 0.344 e. The molecule has 1 amide bonds. The highest BCUT2D eigenvalue weighted by atomic mass is 35.5. The van der Waals surface area contributed by atoms with Crippen LogP contribution in [0, 0.1) is 0 Å². The molecular formula is C13H12Cl2N4O5S.